The molecule has 0 saturated carbocycles. The molecule has 1 aliphatic rings. The lowest BCUT2D eigenvalue weighted by Crippen LogP contribution is -2.08. The van der Waals surface area contributed by atoms with E-state index >= 15 is 0 Å². The van der Waals surface area contributed by atoms with Crippen LogP contribution in [0.25, 0.3) is 0 Å². The second-order valence-corrected chi connectivity index (χ2v) is 4.84. The van der Waals surface area contributed by atoms with Gasteiger partial charge in [-0.15, -0.1) is 0 Å². The summed E-state index contributed by atoms with van der Waals surface area (Å²) in [7, 11) is 1.67. The van der Waals surface area contributed by atoms with E-state index in [4.69, 9.17) is 4.74 Å². The number of allylic oxidation sites excluding steroid dienone is 1. The van der Waals surface area contributed by atoms with Crippen LogP contribution in [0.3, 0.4) is 0 Å². The molecule has 1 aliphatic heterocycles. The Morgan fingerprint density at radius 3 is 2.95 bits per heavy atom. The van der Waals surface area contributed by atoms with Crippen LogP contribution in [0.1, 0.15) is 38.3 Å². The van der Waals surface area contributed by atoms with Gasteiger partial charge in [0.25, 0.3) is 0 Å². The van der Waals surface area contributed by atoms with Gasteiger partial charge in [0.2, 0.25) is 0 Å². The molecule has 0 bridgehead atoms. The van der Waals surface area contributed by atoms with E-state index in [2.05, 4.69) is 22.2 Å². The Labute approximate surface area is 120 Å². The maximum Gasteiger partial charge on any atom is 0.148 e. The van der Waals surface area contributed by atoms with Crippen molar-refractivity contribution in [3.63, 3.8) is 0 Å². The van der Waals surface area contributed by atoms with Crippen LogP contribution in [-0.2, 0) is 4.74 Å². The number of aromatic amines is 1. The van der Waals surface area contributed by atoms with Gasteiger partial charge in [-0.1, -0.05) is 26.2 Å². The lowest BCUT2D eigenvalue weighted by molar-refractivity contribution is 0.302. The van der Waals surface area contributed by atoms with Crippen LogP contribution in [-0.4, -0.2) is 24.4 Å². The number of aromatic nitrogens is 1. The third-order valence-electron chi connectivity index (χ3n) is 3.27. The summed E-state index contributed by atoms with van der Waals surface area (Å²) >= 11 is 0. The van der Waals surface area contributed by atoms with Crippen LogP contribution in [0.5, 0.6) is 0 Å². The predicted octanol–water partition coefficient (Wildman–Crippen LogP) is 3.36. The maximum absolute atomic E-state index is 5.37. The summed E-state index contributed by atoms with van der Waals surface area (Å²) in [5, 5.41) is 3.32. The molecule has 108 valence electrons. The van der Waals surface area contributed by atoms with E-state index in [-0.39, 0.29) is 0 Å². The smallest absolute Gasteiger partial charge is 0.148 e. The van der Waals surface area contributed by atoms with E-state index in [1.54, 1.807) is 7.11 Å². The monoisotopic (exact) mass is 273 g/mol. The number of ether oxygens (including phenoxy) is 1. The molecule has 0 atom stereocenters. The molecule has 0 fully saturated rings. The summed E-state index contributed by atoms with van der Waals surface area (Å²) in [4.78, 5) is 7.74. The highest BCUT2D eigenvalue weighted by molar-refractivity contribution is 6.10. The maximum atomic E-state index is 5.37. The number of methoxy groups -OCH3 is 1. The summed E-state index contributed by atoms with van der Waals surface area (Å²) in [6, 6.07) is 3.97. The number of rotatable bonds is 8. The Morgan fingerprint density at radius 2 is 2.25 bits per heavy atom. The van der Waals surface area contributed by atoms with E-state index in [9.17, 15) is 0 Å². The molecule has 2 rings (SSSR count). The summed E-state index contributed by atoms with van der Waals surface area (Å²) in [5.74, 6) is 0.802. The standard InChI is InChI=1S/C16H23N3O/c1-3-4-5-6-9-17-12-15-16(20-2)11-14(19-15)13-8-7-10-18-13/h7-8,10-12,17-18H,3-6,9H2,1-2H3/b15-12-. The van der Waals surface area contributed by atoms with E-state index in [0.717, 1.165) is 29.4 Å². The Morgan fingerprint density at radius 1 is 1.35 bits per heavy atom. The first-order chi connectivity index (χ1) is 9.85. The Kier molecular flexibility index (Phi) is 5.47. The van der Waals surface area contributed by atoms with E-state index in [0.29, 0.717) is 0 Å². The molecule has 0 spiro atoms. The molecular formula is C16H23N3O. The number of H-pyrrole nitrogens is 1. The highest BCUT2D eigenvalue weighted by atomic mass is 16.5. The fraction of sp³-hybridized carbons (Fsp3) is 0.438. The van der Waals surface area contributed by atoms with Crippen molar-refractivity contribution in [2.75, 3.05) is 13.7 Å². The lowest BCUT2D eigenvalue weighted by Gasteiger charge is -2.04. The first-order valence-electron chi connectivity index (χ1n) is 7.27. The summed E-state index contributed by atoms with van der Waals surface area (Å²) < 4.78 is 5.37. The number of hydrogen-bond donors (Lipinski definition) is 2. The van der Waals surface area contributed by atoms with Crippen molar-refractivity contribution in [3.05, 3.63) is 47.8 Å². The summed E-state index contributed by atoms with van der Waals surface area (Å²) in [5.41, 5.74) is 2.77. The largest absolute Gasteiger partial charge is 0.494 e. The average molecular weight is 273 g/mol. The zero-order valence-corrected chi connectivity index (χ0v) is 12.3. The van der Waals surface area contributed by atoms with Gasteiger partial charge in [0, 0.05) is 25.0 Å². The lowest BCUT2D eigenvalue weighted by atomic mass is 10.2. The Bertz CT molecular complexity index is 498. The molecule has 0 unspecified atom stereocenters. The quantitative estimate of drug-likeness (QED) is 0.714. The van der Waals surface area contributed by atoms with Gasteiger partial charge in [-0.2, -0.15) is 0 Å². The van der Waals surface area contributed by atoms with Crippen molar-refractivity contribution in [1.29, 1.82) is 0 Å². The van der Waals surface area contributed by atoms with Crippen LogP contribution in [0, 0.1) is 0 Å². The van der Waals surface area contributed by atoms with Crippen LogP contribution in [0.2, 0.25) is 0 Å². The minimum Gasteiger partial charge on any atom is -0.494 e. The SMILES string of the molecule is CCCCCCN/C=C1\N=C(c2ccc[nH]2)C=C1OC. The van der Waals surface area contributed by atoms with Gasteiger partial charge in [0.1, 0.15) is 11.5 Å². The van der Waals surface area contributed by atoms with Crippen molar-refractivity contribution in [2.45, 2.75) is 32.6 Å². The third-order valence-corrected chi connectivity index (χ3v) is 3.27. The molecule has 20 heavy (non-hydrogen) atoms. The first kappa shape index (κ1) is 14.4. The van der Waals surface area contributed by atoms with Gasteiger partial charge in [0.15, 0.2) is 0 Å². The van der Waals surface area contributed by atoms with Crippen LogP contribution in [0.15, 0.2) is 47.1 Å². The molecule has 0 radical (unpaired) electrons. The van der Waals surface area contributed by atoms with Gasteiger partial charge in [-0.05, 0) is 18.6 Å². The zero-order valence-electron chi connectivity index (χ0n) is 12.3. The molecule has 0 amide bonds. The van der Waals surface area contributed by atoms with Gasteiger partial charge in [0.05, 0.1) is 18.5 Å². The molecule has 0 aromatic carbocycles. The van der Waals surface area contributed by atoms with E-state index < -0.39 is 0 Å². The second-order valence-electron chi connectivity index (χ2n) is 4.84. The molecule has 4 nitrogen and oxygen atoms in total. The number of nitrogens with one attached hydrogen (secondary N) is 2. The van der Waals surface area contributed by atoms with Crippen molar-refractivity contribution >= 4 is 5.71 Å². The van der Waals surface area contributed by atoms with Crippen LogP contribution >= 0.6 is 0 Å². The molecule has 0 saturated heterocycles. The molecular weight excluding hydrogens is 250 g/mol. The van der Waals surface area contributed by atoms with Crippen molar-refractivity contribution in [3.8, 4) is 0 Å². The number of hydrogen-bond acceptors (Lipinski definition) is 3. The van der Waals surface area contributed by atoms with Crippen molar-refractivity contribution in [2.24, 2.45) is 4.99 Å². The highest BCUT2D eigenvalue weighted by Crippen LogP contribution is 2.21. The Balaban J connectivity index is 1.92. The number of nitrogens with zero attached hydrogens (tertiary/aromatic N) is 1. The van der Waals surface area contributed by atoms with E-state index in [1.165, 1.54) is 25.7 Å². The molecule has 4 heteroatoms. The zero-order chi connectivity index (χ0) is 14.2. The molecule has 2 N–H and O–H groups in total. The third kappa shape index (κ3) is 3.76. The van der Waals surface area contributed by atoms with Crippen LogP contribution < -0.4 is 5.32 Å². The van der Waals surface area contributed by atoms with Crippen molar-refractivity contribution < 1.29 is 4.74 Å². The van der Waals surface area contributed by atoms with Crippen LogP contribution in [0.4, 0.5) is 0 Å². The highest BCUT2D eigenvalue weighted by Gasteiger charge is 2.16. The predicted molar refractivity (Wildman–Crippen MR) is 82.6 cm³/mol. The molecule has 0 aliphatic carbocycles. The topological polar surface area (TPSA) is 49.4 Å². The molecule has 2 heterocycles. The Hall–Kier alpha value is -1.97. The molecule has 1 aromatic rings. The minimum atomic E-state index is 0.802. The van der Waals surface area contributed by atoms with Gasteiger partial charge >= 0.3 is 0 Å². The minimum absolute atomic E-state index is 0.802. The number of unbranched alkanes of at least 4 members (excludes halogenated alkanes) is 3. The van der Waals surface area contributed by atoms with Gasteiger partial charge in [-0.3, -0.25) is 0 Å². The van der Waals surface area contributed by atoms with Crippen molar-refractivity contribution in [1.82, 2.24) is 10.3 Å². The number of aliphatic imine (C=N–C) groups is 1. The fourth-order valence-electron chi connectivity index (χ4n) is 2.13. The summed E-state index contributed by atoms with van der Waals surface area (Å²) in [6.45, 7) is 3.20. The van der Waals surface area contributed by atoms with Gasteiger partial charge < -0.3 is 15.0 Å². The normalized spacial score (nSPS) is 16.2. The average Bonchev–Trinajstić information content (AvgIpc) is 3.11. The summed E-state index contributed by atoms with van der Waals surface area (Å²) in [6.07, 6.45) is 10.8. The first-order valence-corrected chi connectivity index (χ1v) is 7.27. The molecule has 1 aromatic heterocycles. The van der Waals surface area contributed by atoms with E-state index in [1.807, 2.05) is 30.6 Å². The second kappa shape index (κ2) is 7.58. The fourth-order valence-corrected chi connectivity index (χ4v) is 2.13. The van der Waals surface area contributed by atoms with Gasteiger partial charge in [-0.25, -0.2) is 4.99 Å².